The van der Waals surface area contributed by atoms with Gasteiger partial charge in [-0.25, -0.2) is 0 Å². The Labute approximate surface area is 107 Å². The van der Waals surface area contributed by atoms with E-state index in [4.69, 9.17) is 6.42 Å². The quantitative estimate of drug-likeness (QED) is 0.839. The van der Waals surface area contributed by atoms with E-state index >= 15 is 0 Å². The first-order chi connectivity index (χ1) is 7.90. The maximum atomic E-state index is 12.8. The van der Waals surface area contributed by atoms with Gasteiger partial charge in [-0.1, -0.05) is 34.8 Å². The number of benzene rings is 1. The summed E-state index contributed by atoms with van der Waals surface area (Å²) >= 11 is 3.03. The smallest absolute Gasteiger partial charge is 0.300 e. The normalized spacial score (nSPS) is 13.2. The van der Waals surface area contributed by atoms with E-state index in [9.17, 15) is 13.2 Å². The van der Waals surface area contributed by atoms with Gasteiger partial charge in [0.2, 0.25) is 0 Å². The molecule has 0 aromatic heterocycles. The number of hydrogen-bond donors (Lipinski definition) is 1. The third-order valence-electron chi connectivity index (χ3n) is 2.21. The average molecular weight is 306 g/mol. The van der Waals surface area contributed by atoms with Crippen LogP contribution in [0.3, 0.4) is 0 Å². The Balaban J connectivity index is 3.28. The van der Waals surface area contributed by atoms with Gasteiger partial charge in [0.25, 0.3) is 0 Å². The van der Waals surface area contributed by atoms with Gasteiger partial charge in [-0.3, -0.25) is 0 Å². The second-order valence-corrected chi connectivity index (χ2v) is 4.30. The lowest BCUT2D eigenvalue weighted by atomic mass is 10.0. The molecule has 0 bridgehead atoms. The lowest BCUT2D eigenvalue weighted by Gasteiger charge is -2.18. The zero-order chi connectivity index (χ0) is 13.1. The van der Waals surface area contributed by atoms with Crippen molar-refractivity contribution in [2.75, 3.05) is 6.54 Å². The molecule has 1 unspecified atom stereocenters. The maximum absolute atomic E-state index is 12.8. The van der Waals surface area contributed by atoms with Crippen LogP contribution in [0.15, 0.2) is 22.7 Å². The largest absolute Gasteiger partial charge is 0.416 e. The van der Waals surface area contributed by atoms with Crippen molar-refractivity contribution in [2.24, 2.45) is 0 Å². The van der Waals surface area contributed by atoms with Gasteiger partial charge in [0.15, 0.2) is 0 Å². The van der Waals surface area contributed by atoms with Crippen LogP contribution in [0.5, 0.6) is 0 Å². The molecule has 92 valence electrons. The summed E-state index contributed by atoms with van der Waals surface area (Å²) in [7, 11) is 0. The first-order valence-corrected chi connectivity index (χ1v) is 5.75. The molecular formula is C12H11BrF3N. The summed E-state index contributed by atoms with van der Waals surface area (Å²) in [6, 6.07) is 3.24. The Morgan fingerprint density at radius 2 is 2.12 bits per heavy atom. The van der Waals surface area contributed by atoms with E-state index in [1.54, 1.807) is 13.0 Å². The molecule has 5 heteroatoms. The first-order valence-electron chi connectivity index (χ1n) is 4.96. The lowest BCUT2D eigenvalue weighted by Crippen LogP contribution is -2.22. The summed E-state index contributed by atoms with van der Waals surface area (Å²) in [5.74, 6) is 2.32. The molecule has 0 spiro atoms. The average Bonchev–Trinajstić information content (AvgIpc) is 2.25. The molecule has 1 nitrogen and oxygen atoms in total. The zero-order valence-electron chi connectivity index (χ0n) is 9.11. The fourth-order valence-electron chi connectivity index (χ4n) is 1.49. The van der Waals surface area contributed by atoms with Crippen molar-refractivity contribution in [1.29, 1.82) is 0 Å². The highest BCUT2D eigenvalue weighted by molar-refractivity contribution is 9.10. The van der Waals surface area contributed by atoms with E-state index in [2.05, 4.69) is 27.2 Å². The number of nitrogens with one attached hydrogen (secondary N) is 1. The van der Waals surface area contributed by atoms with Crippen molar-refractivity contribution in [3.8, 4) is 12.3 Å². The predicted molar refractivity (Wildman–Crippen MR) is 64.4 cm³/mol. The minimum atomic E-state index is -4.41. The predicted octanol–water partition coefficient (Wildman–Crippen LogP) is 3.75. The Morgan fingerprint density at radius 3 is 2.59 bits per heavy atom. The molecule has 1 aromatic rings. The van der Waals surface area contributed by atoms with E-state index in [0.717, 1.165) is 6.07 Å². The fourth-order valence-corrected chi connectivity index (χ4v) is 1.85. The van der Waals surface area contributed by atoms with E-state index < -0.39 is 17.8 Å². The van der Waals surface area contributed by atoms with Crippen molar-refractivity contribution >= 4 is 15.9 Å². The van der Waals surface area contributed by atoms with Crippen molar-refractivity contribution in [3.05, 3.63) is 33.8 Å². The monoisotopic (exact) mass is 305 g/mol. The van der Waals surface area contributed by atoms with Crippen LogP contribution in [-0.2, 0) is 6.18 Å². The number of alkyl halides is 3. The molecular weight excluding hydrogens is 295 g/mol. The van der Waals surface area contributed by atoms with Crippen LogP contribution < -0.4 is 5.32 Å². The van der Waals surface area contributed by atoms with Crippen molar-refractivity contribution in [3.63, 3.8) is 0 Å². The molecule has 1 N–H and O–H groups in total. The Hall–Kier alpha value is -0.990. The van der Waals surface area contributed by atoms with Crippen molar-refractivity contribution < 1.29 is 13.2 Å². The second kappa shape index (κ2) is 5.56. The van der Waals surface area contributed by atoms with Crippen LogP contribution in [0.25, 0.3) is 0 Å². The summed E-state index contributed by atoms with van der Waals surface area (Å²) in [6.45, 7) is 2.29. The van der Waals surface area contributed by atoms with Crippen LogP contribution in [0, 0.1) is 12.3 Å². The van der Waals surface area contributed by atoms with Gasteiger partial charge in [0, 0.05) is 4.47 Å². The van der Waals surface area contributed by atoms with Crippen LogP contribution in [0.2, 0.25) is 0 Å². The molecule has 0 saturated heterocycles. The highest BCUT2D eigenvalue weighted by Gasteiger charge is 2.35. The Morgan fingerprint density at radius 1 is 1.47 bits per heavy atom. The molecule has 0 aliphatic heterocycles. The van der Waals surface area contributed by atoms with Gasteiger partial charge in [-0.15, -0.1) is 6.42 Å². The van der Waals surface area contributed by atoms with Crippen LogP contribution in [-0.4, -0.2) is 6.54 Å². The topological polar surface area (TPSA) is 12.0 Å². The van der Waals surface area contributed by atoms with Gasteiger partial charge in [0.05, 0.1) is 11.6 Å². The number of terminal acetylenes is 1. The minimum absolute atomic E-state index is 0.0741. The molecule has 0 amide bonds. The molecule has 0 saturated carbocycles. The molecule has 0 radical (unpaired) electrons. The van der Waals surface area contributed by atoms with Crippen LogP contribution in [0.1, 0.15) is 24.1 Å². The molecule has 0 aliphatic carbocycles. The van der Waals surface area contributed by atoms with Crippen LogP contribution >= 0.6 is 15.9 Å². The third kappa shape index (κ3) is 3.48. The molecule has 0 aliphatic rings. The molecule has 17 heavy (non-hydrogen) atoms. The second-order valence-electron chi connectivity index (χ2n) is 3.39. The van der Waals surface area contributed by atoms with Crippen molar-refractivity contribution in [1.82, 2.24) is 5.32 Å². The summed E-state index contributed by atoms with van der Waals surface area (Å²) in [4.78, 5) is 0. The number of halogens is 4. The number of rotatable bonds is 3. The van der Waals surface area contributed by atoms with Gasteiger partial charge in [0.1, 0.15) is 0 Å². The summed E-state index contributed by atoms with van der Waals surface area (Å²) in [5.41, 5.74) is -0.638. The van der Waals surface area contributed by atoms with Gasteiger partial charge in [-0.05, 0) is 24.2 Å². The fraction of sp³-hybridized carbons (Fsp3) is 0.333. The maximum Gasteiger partial charge on any atom is 0.416 e. The minimum Gasteiger partial charge on any atom is -0.300 e. The van der Waals surface area contributed by atoms with Crippen LogP contribution in [0.4, 0.5) is 13.2 Å². The molecule has 1 rings (SSSR count). The Kier molecular flexibility index (Phi) is 4.61. The lowest BCUT2D eigenvalue weighted by molar-refractivity contribution is -0.138. The van der Waals surface area contributed by atoms with Gasteiger partial charge in [-0.2, -0.15) is 13.2 Å². The Bertz CT molecular complexity index is 434. The SMILES string of the molecule is C#CC(NCC)c1ccc(Br)cc1C(F)(F)F. The van der Waals surface area contributed by atoms with E-state index in [0.29, 0.717) is 11.0 Å². The molecule has 0 heterocycles. The molecule has 1 aromatic carbocycles. The molecule has 0 fully saturated rings. The zero-order valence-corrected chi connectivity index (χ0v) is 10.7. The highest BCUT2D eigenvalue weighted by Crippen LogP contribution is 2.36. The highest BCUT2D eigenvalue weighted by atomic mass is 79.9. The van der Waals surface area contributed by atoms with Gasteiger partial charge >= 0.3 is 6.18 Å². The molecule has 1 atom stereocenters. The van der Waals surface area contributed by atoms with Gasteiger partial charge < -0.3 is 5.32 Å². The van der Waals surface area contributed by atoms with E-state index in [-0.39, 0.29) is 5.56 Å². The van der Waals surface area contributed by atoms with E-state index in [1.165, 1.54) is 6.07 Å². The first kappa shape index (κ1) is 14.1. The summed E-state index contributed by atoms with van der Waals surface area (Å²) in [6.07, 6.45) is 0.836. The third-order valence-corrected chi connectivity index (χ3v) is 2.70. The van der Waals surface area contributed by atoms with Crippen molar-refractivity contribution in [2.45, 2.75) is 19.1 Å². The van der Waals surface area contributed by atoms with E-state index in [1.807, 2.05) is 0 Å². The number of hydrogen-bond acceptors (Lipinski definition) is 1. The summed E-state index contributed by atoms with van der Waals surface area (Å²) in [5, 5.41) is 2.83. The standard InChI is InChI=1S/C12H11BrF3N/c1-3-11(17-4-2)9-6-5-8(13)7-10(9)12(14,15)16/h1,5-7,11,17H,4H2,2H3. The summed E-state index contributed by atoms with van der Waals surface area (Å²) < 4.78 is 38.9.